The van der Waals surface area contributed by atoms with Crippen molar-refractivity contribution in [2.24, 2.45) is 0 Å². The van der Waals surface area contributed by atoms with Crippen LogP contribution in [0.5, 0.6) is 5.88 Å². The fourth-order valence-electron chi connectivity index (χ4n) is 3.50. The van der Waals surface area contributed by atoms with Crippen molar-refractivity contribution in [1.82, 2.24) is 9.47 Å². The molecule has 0 amide bonds. The van der Waals surface area contributed by atoms with E-state index in [1.807, 2.05) is 10.6 Å². The summed E-state index contributed by atoms with van der Waals surface area (Å²) in [4.78, 5) is 2.33. The van der Waals surface area contributed by atoms with Crippen LogP contribution in [0, 0.1) is 6.92 Å². The zero-order valence-corrected chi connectivity index (χ0v) is 14.9. The molecule has 0 saturated heterocycles. The summed E-state index contributed by atoms with van der Waals surface area (Å²) >= 11 is 0. The first kappa shape index (κ1) is 16.0. The molecule has 3 nitrogen and oxygen atoms in total. The van der Waals surface area contributed by atoms with E-state index in [9.17, 15) is 5.11 Å². The van der Waals surface area contributed by atoms with Gasteiger partial charge in [0.15, 0.2) is 5.88 Å². The van der Waals surface area contributed by atoms with Gasteiger partial charge in [0, 0.05) is 30.1 Å². The van der Waals surface area contributed by atoms with Crippen molar-refractivity contribution >= 4 is 16.3 Å². The smallest absolute Gasteiger partial charge is 0.199 e. The molecule has 2 heterocycles. The first-order valence-electron chi connectivity index (χ1n) is 8.85. The fraction of sp³-hybridized carbons (Fsp3) is 0.273. The molecule has 0 unspecified atom stereocenters. The molecule has 1 aliphatic heterocycles. The molecule has 0 radical (unpaired) electrons. The van der Waals surface area contributed by atoms with E-state index < -0.39 is 0 Å². The topological polar surface area (TPSA) is 28.4 Å². The van der Waals surface area contributed by atoms with Gasteiger partial charge in [0.2, 0.25) is 0 Å². The highest BCUT2D eigenvalue weighted by molar-refractivity contribution is 5.90. The van der Waals surface area contributed by atoms with E-state index in [4.69, 9.17) is 0 Å². The number of likely N-dealkylation sites (N-methyl/N-ethyl adjacent to an activating group) is 1. The Morgan fingerprint density at radius 2 is 1.88 bits per heavy atom. The van der Waals surface area contributed by atoms with Gasteiger partial charge in [0.25, 0.3) is 0 Å². The lowest BCUT2D eigenvalue weighted by Crippen LogP contribution is -2.23. The number of aryl methyl sites for hydroxylation is 1. The third-order valence-corrected chi connectivity index (χ3v) is 5.12. The Bertz CT molecular complexity index is 935. The normalized spacial score (nSPS) is 15.5. The van der Waals surface area contributed by atoms with Gasteiger partial charge in [-0.15, -0.1) is 0 Å². The van der Waals surface area contributed by atoms with E-state index in [0.717, 1.165) is 30.3 Å². The predicted molar refractivity (Wildman–Crippen MR) is 104 cm³/mol. The van der Waals surface area contributed by atoms with Crippen LogP contribution in [0.4, 0.5) is 0 Å². The molecule has 2 aromatic carbocycles. The maximum atomic E-state index is 10.6. The Morgan fingerprint density at radius 3 is 2.60 bits per heavy atom. The average molecular weight is 332 g/mol. The molecule has 1 aromatic heterocycles. The van der Waals surface area contributed by atoms with Crippen LogP contribution in [-0.4, -0.2) is 34.7 Å². The van der Waals surface area contributed by atoms with Crippen molar-refractivity contribution < 1.29 is 5.11 Å². The third-order valence-electron chi connectivity index (χ3n) is 5.12. The van der Waals surface area contributed by atoms with Crippen LogP contribution in [0.2, 0.25) is 0 Å². The van der Waals surface area contributed by atoms with Gasteiger partial charge in [0.1, 0.15) is 0 Å². The summed E-state index contributed by atoms with van der Waals surface area (Å²) in [7, 11) is 2.15. The number of nitrogens with zero attached hydrogens (tertiary/aromatic N) is 2. The van der Waals surface area contributed by atoms with Crippen LogP contribution in [0.15, 0.2) is 54.7 Å². The Kier molecular flexibility index (Phi) is 4.10. The Hall–Kier alpha value is -2.52. The van der Waals surface area contributed by atoms with Crippen molar-refractivity contribution in [3.05, 3.63) is 71.4 Å². The number of hydrogen-bond acceptors (Lipinski definition) is 2. The van der Waals surface area contributed by atoms with Gasteiger partial charge in [-0.2, -0.15) is 0 Å². The molecule has 0 saturated carbocycles. The van der Waals surface area contributed by atoms with E-state index in [1.54, 1.807) is 0 Å². The third kappa shape index (κ3) is 3.20. The monoisotopic (exact) mass is 332 g/mol. The number of hydrogen-bond donors (Lipinski definition) is 1. The number of fused-ring (bicyclic) bond motifs is 1. The largest absolute Gasteiger partial charge is 0.494 e. The van der Waals surface area contributed by atoms with Crippen molar-refractivity contribution in [3.63, 3.8) is 0 Å². The summed E-state index contributed by atoms with van der Waals surface area (Å²) in [5.74, 6) is 0.347. The van der Waals surface area contributed by atoms with Gasteiger partial charge in [-0.1, -0.05) is 42.0 Å². The van der Waals surface area contributed by atoms with Crippen LogP contribution in [0.25, 0.3) is 16.3 Å². The van der Waals surface area contributed by atoms with Gasteiger partial charge < -0.3 is 14.6 Å². The highest BCUT2D eigenvalue weighted by atomic mass is 16.3. The van der Waals surface area contributed by atoms with Gasteiger partial charge in [-0.25, -0.2) is 0 Å². The standard InChI is InChI=1S/C22H24N2O/c1-16-3-5-17(6-4-16)14-24-15-20-13-19(7-8-21(20)22(24)25)18-9-11-23(2)12-10-18/h3-9,13,15,25H,10-12,14H2,1-2H3. The minimum Gasteiger partial charge on any atom is -0.494 e. The van der Waals surface area contributed by atoms with Gasteiger partial charge in [-0.3, -0.25) is 0 Å². The first-order valence-corrected chi connectivity index (χ1v) is 8.85. The Balaban J connectivity index is 1.66. The summed E-state index contributed by atoms with van der Waals surface area (Å²) in [5.41, 5.74) is 5.12. The van der Waals surface area contributed by atoms with Gasteiger partial charge in [0.05, 0.1) is 6.54 Å². The zero-order valence-electron chi connectivity index (χ0n) is 14.9. The number of rotatable bonds is 3. The summed E-state index contributed by atoms with van der Waals surface area (Å²) in [6, 6.07) is 14.8. The minimum absolute atomic E-state index is 0.347. The van der Waals surface area contributed by atoms with Crippen LogP contribution < -0.4 is 0 Å². The van der Waals surface area contributed by atoms with Crippen LogP contribution in [0.3, 0.4) is 0 Å². The summed E-state index contributed by atoms with van der Waals surface area (Å²) in [6.45, 7) is 4.88. The summed E-state index contributed by atoms with van der Waals surface area (Å²) in [5, 5.41) is 12.6. The van der Waals surface area contributed by atoms with Crippen LogP contribution >= 0.6 is 0 Å². The molecule has 1 N–H and O–H groups in total. The van der Waals surface area contributed by atoms with Gasteiger partial charge >= 0.3 is 0 Å². The van der Waals surface area contributed by atoms with Crippen molar-refractivity contribution in [2.75, 3.05) is 20.1 Å². The van der Waals surface area contributed by atoms with Crippen LogP contribution in [-0.2, 0) is 6.54 Å². The second kappa shape index (κ2) is 6.41. The quantitative estimate of drug-likeness (QED) is 0.769. The molecule has 0 fully saturated rings. The summed E-state index contributed by atoms with van der Waals surface area (Å²) in [6.07, 6.45) is 5.45. The predicted octanol–water partition coefficient (Wildman–Crippen LogP) is 4.42. The highest BCUT2D eigenvalue weighted by Crippen LogP contribution is 2.31. The Morgan fingerprint density at radius 1 is 1.08 bits per heavy atom. The van der Waals surface area contributed by atoms with Crippen molar-refractivity contribution in [1.29, 1.82) is 0 Å². The van der Waals surface area contributed by atoms with E-state index in [1.165, 1.54) is 22.3 Å². The van der Waals surface area contributed by atoms with Crippen LogP contribution in [0.1, 0.15) is 23.1 Å². The molecule has 0 atom stereocenters. The number of aromatic nitrogens is 1. The number of benzene rings is 2. The Labute approximate surface area is 148 Å². The van der Waals surface area contributed by atoms with Gasteiger partial charge in [-0.05, 0) is 49.2 Å². The fourth-order valence-corrected chi connectivity index (χ4v) is 3.50. The molecule has 1 aliphatic rings. The maximum absolute atomic E-state index is 10.6. The van der Waals surface area contributed by atoms with E-state index in [2.05, 4.69) is 67.5 Å². The number of aromatic hydroxyl groups is 1. The molecular formula is C22H24N2O. The second-order valence-electron chi connectivity index (χ2n) is 7.11. The molecule has 0 aliphatic carbocycles. The molecule has 3 heteroatoms. The molecule has 25 heavy (non-hydrogen) atoms. The average Bonchev–Trinajstić information content (AvgIpc) is 2.93. The van der Waals surface area contributed by atoms with E-state index >= 15 is 0 Å². The minimum atomic E-state index is 0.347. The van der Waals surface area contributed by atoms with Crippen molar-refractivity contribution in [3.8, 4) is 5.88 Å². The SMILES string of the molecule is Cc1ccc(Cn2cc3cc(C4=CCN(C)CC4)ccc3c2O)cc1. The maximum Gasteiger partial charge on any atom is 0.199 e. The first-order chi connectivity index (χ1) is 12.1. The molecule has 128 valence electrons. The molecule has 0 bridgehead atoms. The molecular weight excluding hydrogens is 308 g/mol. The molecule has 3 aromatic rings. The van der Waals surface area contributed by atoms with E-state index in [0.29, 0.717) is 12.4 Å². The molecule has 0 spiro atoms. The lowest BCUT2D eigenvalue weighted by atomic mass is 9.98. The lowest BCUT2D eigenvalue weighted by Gasteiger charge is -2.22. The second-order valence-corrected chi connectivity index (χ2v) is 7.11. The zero-order chi connectivity index (χ0) is 17.4. The molecule has 4 rings (SSSR count). The van der Waals surface area contributed by atoms with E-state index in [-0.39, 0.29) is 0 Å². The summed E-state index contributed by atoms with van der Waals surface area (Å²) < 4.78 is 1.93. The lowest BCUT2D eigenvalue weighted by molar-refractivity contribution is 0.370. The van der Waals surface area contributed by atoms with Crippen molar-refractivity contribution in [2.45, 2.75) is 19.9 Å². The highest BCUT2D eigenvalue weighted by Gasteiger charge is 2.13.